The molecule has 1 atom stereocenters. The van der Waals surface area contributed by atoms with E-state index in [0.717, 1.165) is 25.5 Å². The summed E-state index contributed by atoms with van der Waals surface area (Å²) in [5, 5.41) is 11.8. The molecule has 0 radical (unpaired) electrons. The van der Waals surface area contributed by atoms with Gasteiger partial charge in [-0.2, -0.15) is 5.10 Å². The fourth-order valence-corrected chi connectivity index (χ4v) is 2.58. The molecule has 0 spiro atoms. The third-order valence-corrected chi connectivity index (χ3v) is 3.62. The van der Waals surface area contributed by atoms with Gasteiger partial charge >= 0.3 is 0 Å². The average Bonchev–Trinajstić information content (AvgIpc) is 2.55. The highest BCUT2D eigenvalue weighted by Crippen LogP contribution is 2.16. The molecule has 1 N–H and O–H groups in total. The van der Waals surface area contributed by atoms with Crippen molar-refractivity contribution < 1.29 is 0 Å². The Balaban J connectivity index is 1.56. The second kappa shape index (κ2) is 6.43. The maximum absolute atomic E-state index is 4.19. The number of nitrogens with one attached hydrogen (secondary N) is 1. The van der Waals surface area contributed by atoms with Gasteiger partial charge in [0.2, 0.25) is 0 Å². The number of rotatable bonds is 4. The predicted molar refractivity (Wildman–Crippen MR) is 78.3 cm³/mol. The van der Waals surface area contributed by atoms with Gasteiger partial charge in [-0.3, -0.25) is 4.98 Å². The predicted octanol–water partition coefficient (Wildman–Crippen LogP) is 1.63. The monoisotopic (exact) mass is 269 g/mol. The van der Waals surface area contributed by atoms with Gasteiger partial charge in [0.15, 0.2) is 5.82 Å². The molecule has 0 aromatic carbocycles. The number of anilines is 1. The van der Waals surface area contributed by atoms with E-state index in [2.05, 4.69) is 31.5 Å². The molecule has 1 saturated heterocycles. The first-order valence-electron chi connectivity index (χ1n) is 7.07. The largest absolute Gasteiger partial charge is 0.354 e. The van der Waals surface area contributed by atoms with Gasteiger partial charge in [-0.1, -0.05) is 6.07 Å². The lowest BCUT2D eigenvalue weighted by atomic mass is 10.1. The SMILES string of the molecule is c1cncc(CN[C@@H]2CCCN(c3cccnn3)C2)c1. The standard InChI is InChI=1S/C15H19N5/c1-4-13(10-16-7-1)11-17-14-5-3-9-20(12-14)15-6-2-8-18-19-15/h1-2,4,6-8,10,14,17H,3,5,9,11-12H2/t14-/m1/s1. The number of hydrogen-bond donors (Lipinski definition) is 1. The Labute approximate surface area is 119 Å². The second-order valence-corrected chi connectivity index (χ2v) is 5.11. The number of piperidine rings is 1. The molecule has 1 aliphatic rings. The lowest BCUT2D eigenvalue weighted by molar-refractivity contribution is 0.419. The molecule has 0 unspecified atom stereocenters. The Morgan fingerprint density at radius 3 is 3.00 bits per heavy atom. The Kier molecular flexibility index (Phi) is 4.18. The van der Waals surface area contributed by atoms with Gasteiger partial charge in [-0.05, 0) is 36.6 Å². The summed E-state index contributed by atoms with van der Waals surface area (Å²) in [6.07, 6.45) is 7.82. The van der Waals surface area contributed by atoms with Gasteiger partial charge in [-0.25, -0.2) is 0 Å². The van der Waals surface area contributed by atoms with Crippen molar-refractivity contribution in [3.63, 3.8) is 0 Å². The first-order chi connectivity index (χ1) is 9.92. The zero-order valence-corrected chi connectivity index (χ0v) is 11.4. The zero-order chi connectivity index (χ0) is 13.6. The van der Waals surface area contributed by atoms with Crippen molar-refractivity contribution in [3.8, 4) is 0 Å². The van der Waals surface area contributed by atoms with Gasteiger partial charge in [-0.15, -0.1) is 5.10 Å². The van der Waals surface area contributed by atoms with Crippen LogP contribution in [0.25, 0.3) is 0 Å². The number of pyridine rings is 1. The van der Waals surface area contributed by atoms with E-state index in [9.17, 15) is 0 Å². The Hall–Kier alpha value is -2.01. The fourth-order valence-electron chi connectivity index (χ4n) is 2.58. The van der Waals surface area contributed by atoms with E-state index in [1.54, 1.807) is 12.4 Å². The highest BCUT2D eigenvalue weighted by Gasteiger charge is 2.20. The topological polar surface area (TPSA) is 53.9 Å². The third-order valence-electron chi connectivity index (χ3n) is 3.62. The van der Waals surface area contributed by atoms with E-state index in [-0.39, 0.29) is 0 Å². The minimum absolute atomic E-state index is 0.492. The molecule has 0 aliphatic carbocycles. The minimum Gasteiger partial charge on any atom is -0.354 e. The van der Waals surface area contributed by atoms with Crippen LogP contribution in [0.4, 0.5) is 5.82 Å². The molecule has 2 aromatic rings. The van der Waals surface area contributed by atoms with Crippen molar-refractivity contribution in [1.29, 1.82) is 0 Å². The second-order valence-electron chi connectivity index (χ2n) is 5.11. The van der Waals surface area contributed by atoms with E-state index >= 15 is 0 Å². The Bertz CT molecular complexity index is 516. The van der Waals surface area contributed by atoms with E-state index in [1.165, 1.54) is 18.4 Å². The molecule has 5 heteroatoms. The summed E-state index contributed by atoms with van der Waals surface area (Å²) in [5.74, 6) is 0.973. The van der Waals surface area contributed by atoms with Crippen LogP contribution in [0, 0.1) is 0 Å². The molecular weight excluding hydrogens is 250 g/mol. The zero-order valence-electron chi connectivity index (χ0n) is 11.4. The van der Waals surface area contributed by atoms with E-state index in [1.807, 2.05) is 24.4 Å². The van der Waals surface area contributed by atoms with Crippen LogP contribution in [0.15, 0.2) is 42.9 Å². The van der Waals surface area contributed by atoms with E-state index < -0.39 is 0 Å². The molecular formula is C15H19N5. The van der Waals surface area contributed by atoms with Crippen LogP contribution in [0.5, 0.6) is 0 Å². The van der Waals surface area contributed by atoms with Crippen molar-refractivity contribution in [3.05, 3.63) is 48.4 Å². The molecule has 3 heterocycles. The van der Waals surface area contributed by atoms with Crippen molar-refractivity contribution >= 4 is 5.82 Å². The molecule has 1 aliphatic heterocycles. The summed E-state index contributed by atoms with van der Waals surface area (Å²) in [6, 6.07) is 8.53. The van der Waals surface area contributed by atoms with Crippen molar-refractivity contribution in [2.75, 3.05) is 18.0 Å². The molecule has 0 amide bonds. The molecule has 3 rings (SSSR count). The molecule has 5 nitrogen and oxygen atoms in total. The minimum atomic E-state index is 0.492. The maximum Gasteiger partial charge on any atom is 0.151 e. The van der Waals surface area contributed by atoms with Gasteiger partial charge < -0.3 is 10.2 Å². The van der Waals surface area contributed by atoms with Crippen LogP contribution in [0.1, 0.15) is 18.4 Å². The molecule has 2 aromatic heterocycles. The third kappa shape index (κ3) is 3.30. The first kappa shape index (κ1) is 13.0. The van der Waals surface area contributed by atoms with Crippen LogP contribution >= 0.6 is 0 Å². The normalized spacial score (nSPS) is 19.0. The highest BCUT2D eigenvalue weighted by atomic mass is 15.3. The van der Waals surface area contributed by atoms with Crippen molar-refractivity contribution in [2.45, 2.75) is 25.4 Å². The summed E-state index contributed by atoms with van der Waals surface area (Å²) >= 11 is 0. The van der Waals surface area contributed by atoms with Crippen molar-refractivity contribution in [1.82, 2.24) is 20.5 Å². The maximum atomic E-state index is 4.19. The summed E-state index contributed by atoms with van der Waals surface area (Å²) < 4.78 is 0. The fraction of sp³-hybridized carbons (Fsp3) is 0.400. The summed E-state index contributed by atoms with van der Waals surface area (Å²) in [4.78, 5) is 6.45. The van der Waals surface area contributed by atoms with Crippen LogP contribution < -0.4 is 10.2 Å². The van der Waals surface area contributed by atoms with Gasteiger partial charge in [0, 0.05) is 44.3 Å². The molecule has 20 heavy (non-hydrogen) atoms. The summed E-state index contributed by atoms with van der Waals surface area (Å²) in [5.41, 5.74) is 1.23. The van der Waals surface area contributed by atoms with Crippen LogP contribution in [-0.2, 0) is 6.54 Å². The van der Waals surface area contributed by atoms with Crippen LogP contribution in [-0.4, -0.2) is 34.3 Å². The summed E-state index contributed by atoms with van der Waals surface area (Å²) in [7, 11) is 0. The van der Waals surface area contributed by atoms with Gasteiger partial charge in [0.05, 0.1) is 0 Å². The number of nitrogens with zero attached hydrogens (tertiary/aromatic N) is 4. The lowest BCUT2D eigenvalue weighted by Gasteiger charge is -2.33. The van der Waals surface area contributed by atoms with E-state index in [0.29, 0.717) is 6.04 Å². The van der Waals surface area contributed by atoms with Crippen molar-refractivity contribution in [2.24, 2.45) is 0 Å². The number of hydrogen-bond acceptors (Lipinski definition) is 5. The smallest absolute Gasteiger partial charge is 0.151 e. The summed E-state index contributed by atoms with van der Waals surface area (Å²) in [6.45, 7) is 2.91. The first-order valence-corrected chi connectivity index (χ1v) is 7.07. The lowest BCUT2D eigenvalue weighted by Crippen LogP contribution is -2.45. The van der Waals surface area contributed by atoms with E-state index in [4.69, 9.17) is 0 Å². The van der Waals surface area contributed by atoms with Gasteiger partial charge in [0.1, 0.15) is 0 Å². The van der Waals surface area contributed by atoms with Gasteiger partial charge in [0.25, 0.3) is 0 Å². The average molecular weight is 269 g/mol. The van der Waals surface area contributed by atoms with Crippen LogP contribution in [0.3, 0.4) is 0 Å². The molecule has 0 saturated carbocycles. The number of aromatic nitrogens is 3. The Morgan fingerprint density at radius 1 is 1.25 bits per heavy atom. The highest BCUT2D eigenvalue weighted by molar-refractivity contribution is 5.37. The van der Waals surface area contributed by atoms with Crippen LogP contribution in [0.2, 0.25) is 0 Å². The quantitative estimate of drug-likeness (QED) is 0.914. The molecule has 104 valence electrons. The Morgan fingerprint density at radius 2 is 2.20 bits per heavy atom. The molecule has 0 bridgehead atoms. The molecule has 1 fully saturated rings.